The Kier molecular flexibility index (Phi) is 12.6. The molecule has 4 nitrogen and oxygen atoms in total. The zero-order valence-electron chi connectivity index (χ0n) is 14.6. The molecule has 1 N–H and O–H groups in total. The Balaban J connectivity index is 4.46. The first-order chi connectivity index (χ1) is 10.6. The van der Waals surface area contributed by atoms with Crippen LogP contribution in [0.25, 0.3) is 0 Å². The van der Waals surface area contributed by atoms with Crippen LogP contribution in [0.4, 0.5) is 0 Å². The molecule has 0 bridgehead atoms. The van der Waals surface area contributed by atoms with Gasteiger partial charge in [-0.05, 0) is 44.5 Å². The van der Waals surface area contributed by atoms with Crippen LogP contribution in [-0.4, -0.2) is 36.0 Å². The summed E-state index contributed by atoms with van der Waals surface area (Å²) in [6.45, 7) is 10.8. The molecule has 2 atom stereocenters. The van der Waals surface area contributed by atoms with Crippen molar-refractivity contribution < 1.29 is 9.84 Å². The molecular weight excluding hydrogens is 276 g/mol. The number of unbranched alkanes of at least 4 members (excludes halogenated alkanes) is 1. The minimum Gasteiger partial charge on any atom is -0.378 e. The molecule has 0 rings (SSSR count). The lowest BCUT2D eigenvalue weighted by atomic mass is 10.0. The van der Waals surface area contributed by atoms with Gasteiger partial charge in [-0.15, -0.1) is 0 Å². The van der Waals surface area contributed by atoms with Crippen LogP contribution in [0.3, 0.4) is 0 Å². The average molecular weight is 308 g/mol. The Bertz CT molecular complexity index is 368. The maximum absolute atomic E-state index is 10.00. The molecule has 22 heavy (non-hydrogen) atoms. The summed E-state index contributed by atoms with van der Waals surface area (Å²) in [4.78, 5) is 2.11. The molecule has 0 aromatic rings. The van der Waals surface area contributed by atoms with Crippen molar-refractivity contribution in [2.45, 2.75) is 59.7 Å². The summed E-state index contributed by atoms with van der Waals surface area (Å²) in [5, 5.41) is 19.1. The quantitative estimate of drug-likeness (QED) is 0.338. The normalized spacial score (nSPS) is 14.8. The van der Waals surface area contributed by atoms with Gasteiger partial charge < -0.3 is 14.7 Å². The average Bonchev–Trinajstić information content (AvgIpc) is 2.55. The molecule has 0 radical (unpaired) electrons. The van der Waals surface area contributed by atoms with Gasteiger partial charge >= 0.3 is 0 Å². The van der Waals surface area contributed by atoms with Crippen LogP contribution in [0, 0.1) is 17.2 Å². The number of ether oxygens (including phenoxy) is 1. The second kappa shape index (κ2) is 13.4. The van der Waals surface area contributed by atoms with E-state index in [1.807, 2.05) is 12.3 Å². The largest absolute Gasteiger partial charge is 0.378 e. The fourth-order valence-electron chi connectivity index (χ4n) is 2.09. The summed E-state index contributed by atoms with van der Waals surface area (Å²) >= 11 is 0. The molecule has 0 aliphatic heterocycles. The molecule has 0 aliphatic rings. The Morgan fingerprint density at radius 3 is 2.45 bits per heavy atom. The van der Waals surface area contributed by atoms with E-state index in [-0.39, 0.29) is 5.57 Å². The first-order valence-corrected chi connectivity index (χ1v) is 8.44. The molecule has 0 fully saturated rings. The smallest absolute Gasteiger partial charge is 0.191 e. The molecule has 0 aromatic carbocycles. The van der Waals surface area contributed by atoms with Gasteiger partial charge in [-0.3, -0.25) is 0 Å². The number of aliphatic hydroxyl groups excluding tert-OH is 1. The fraction of sp³-hybridized carbons (Fsp3) is 0.722. The van der Waals surface area contributed by atoms with E-state index in [2.05, 4.69) is 32.6 Å². The van der Waals surface area contributed by atoms with E-state index < -0.39 is 6.29 Å². The van der Waals surface area contributed by atoms with Crippen LogP contribution < -0.4 is 0 Å². The molecule has 0 amide bonds. The second-order valence-electron chi connectivity index (χ2n) is 5.40. The SMILES string of the molecule is CCCCC(CC)COC(O)C(C#N)=CC=CN(CC)CC. The number of aliphatic hydroxyl groups is 1. The fourth-order valence-corrected chi connectivity index (χ4v) is 2.09. The molecule has 2 unspecified atom stereocenters. The predicted octanol–water partition coefficient (Wildman–Crippen LogP) is 3.84. The first kappa shape index (κ1) is 20.7. The highest BCUT2D eigenvalue weighted by Crippen LogP contribution is 2.15. The van der Waals surface area contributed by atoms with Crippen molar-refractivity contribution in [1.82, 2.24) is 4.90 Å². The van der Waals surface area contributed by atoms with E-state index in [9.17, 15) is 5.11 Å². The van der Waals surface area contributed by atoms with Gasteiger partial charge in [0.15, 0.2) is 6.29 Å². The maximum atomic E-state index is 10.00. The number of nitriles is 1. The number of allylic oxidation sites excluding steroid dienone is 2. The lowest BCUT2D eigenvalue weighted by Crippen LogP contribution is -2.19. The molecule has 0 saturated heterocycles. The second-order valence-corrected chi connectivity index (χ2v) is 5.40. The van der Waals surface area contributed by atoms with Crippen molar-refractivity contribution in [3.8, 4) is 6.07 Å². The molecule has 0 heterocycles. The van der Waals surface area contributed by atoms with E-state index in [0.29, 0.717) is 12.5 Å². The number of hydrogen-bond acceptors (Lipinski definition) is 4. The van der Waals surface area contributed by atoms with Crippen LogP contribution in [0.2, 0.25) is 0 Å². The van der Waals surface area contributed by atoms with Crippen molar-refractivity contribution in [3.05, 3.63) is 23.9 Å². The molecule has 0 aliphatic carbocycles. The predicted molar refractivity (Wildman–Crippen MR) is 91.0 cm³/mol. The van der Waals surface area contributed by atoms with Crippen LogP contribution in [0.5, 0.6) is 0 Å². The highest BCUT2D eigenvalue weighted by molar-refractivity contribution is 5.27. The van der Waals surface area contributed by atoms with E-state index in [1.165, 1.54) is 12.8 Å². The lowest BCUT2D eigenvalue weighted by molar-refractivity contribution is -0.0824. The van der Waals surface area contributed by atoms with Crippen molar-refractivity contribution in [2.24, 2.45) is 5.92 Å². The summed E-state index contributed by atoms with van der Waals surface area (Å²) in [7, 11) is 0. The van der Waals surface area contributed by atoms with Gasteiger partial charge in [-0.2, -0.15) is 5.26 Å². The molecule has 0 spiro atoms. The van der Waals surface area contributed by atoms with Crippen molar-refractivity contribution in [1.29, 1.82) is 5.26 Å². The summed E-state index contributed by atoms with van der Waals surface area (Å²) in [6.07, 6.45) is 8.65. The molecular formula is C18H32N2O2. The van der Waals surface area contributed by atoms with Gasteiger partial charge in [-0.25, -0.2) is 0 Å². The van der Waals surface area contributed by atoms with E-state index in [4.69, 9.17) is 10.00 Å². The summed E-state index contributed by atoms with van der Waals surface area (Å²) < 4.78 is 5.47. The van der Waals surface area contributed by atoms with Gasteiger partial charge in [0.25, 0.3) is 0 Å². The minimum atomic E-state index is -1.14. The molecule has 0 saturated carbocycles. The number of rotatable bonds is 12. The van der Waals surface area contributed by atoms with Crippen molar-refractivity contribution in [2.75, 3.05) is 19.7 Å². The zero-order valence-corrected chi connectivity index (χ0v) is 14.6. The van der Waals surface area contributed by atoms with Crippen molar-refractivity contribution >= 4 is 0 Å². The number of nitrogens with zero attached hydrogens (tertiary/aromatic N) is 2. The molecule has 126 valence electrons. The van der Waals surface area contributed by atoms with Crippen LogP contribution >= 0.6 is 0 Å². The molecule has 0 aromatic heterocycles. The third-order valence-corrected chi connectivity index (χ3v) is 3.81. The third-order valence-electron chi connectivity index (χ3n) is 3.81. The third kappa shape index (κ3) is 8.86. The van der Waals surface area contributed by atoms with Crippen LogP contribution in [0.1, 0.15) is 53.4 Å². The Morgan fingerprint density at radius 2 is 1.95 bits per heavy atom. The topological polar surface area (TPSA) is 56.5 Å². The van der Waals surface area contributed by atoms with Crippen LogP contribution in [0.15, 0.2) is 23.9 Å². The Hall–Kier alpha value is -1.31. The van der Waals surface area contributed by atoms with Gasteiger partial charge in [0.1, 0.15) is 6.07 Å². The van der Waals surface area contributed by atoms with Gasteiger partial charge in [0.2, 0.25) is 0 Å². The van der Waals surface area contributed by atoms with Gasteiger partial charge in [-0.1, -0.05) is 33.1 Å². The zero-order chi connectivity index (χ0) is 16.8. The minimum absolute atomic E-state index is 0.244. The Morgan fingerprint density at radius 1 is 1.27 bits per heavy atom. The van der Waals surface area contributed by atoms with Gasteiger partial charge in [0, 0.05) is 13.1 Å². The van der Waals surface area contributed by atoms with E-state index in [1.54, 1.807) is 12.2 Å². The van der Waals surface area contributed by atoms with Crippen LogP contribution in [-0.2, 0) is 4.74 Å². The monoisotopic (exact) mass is 308 g/mol. The summed E-state index contributed by atoms with van der Waals surface area (Å²) in [6, 6.07) is 2.01. The van der Waals surface area contributed by atoms with E-state index >= 15 is 0 Å². The maximum Gasteiger partial charge on any atom is 0.191 e. The number of hydrogen-bond donors (Lipinski definition) is 1. The van der Waals surface area contributed by atoms with Crippen molar-refractivity contribution in [3.63, 3.8) is 0 Å². The first-order valence-electron chi connectivity index (χ1n) is 8.44. The lowest BCUT2D eigenvalue weighted by Gasteiger charge is -2.17. The Labute approximate surface area is 136 Å². The summed E-state index contributed by atoms with van der Waals surface area (Å²) in [5.41, 5.74) is 0.244. The highest BCUT2D eigenvalue weighted by atomic mass is 16.6. The highest BCUT2D eigenvalue weighted by Gasteiger charge is 2.13. The van der Waals surface area contributed by atoms with E-state index in [0.717, 1.165) is 25.9 Å². The standard InChI is InChI=1S/C18H32N2O2/c1-5-9-11-16(6-2)15-22-18(21)17(14-19)12-10-13-20(7-3)8-4/h10,12-13,16,18,21H,5-9,11,15H2,1-4H3. The summed E-state index contributed by atoms with van der Waals surface area (Å²) in [5.74, 6) is 0.445. The molecule has 4 heteroatoms. The van der Waals surface area contributed by atoms with Gasteiger partial charge in [0.05, 0.1) is 12.2 Å².